The minimum Gasteiger partial charge on any atom is -0.312 e. The van der Waals surface area contributed by atoms with Crippen LogP contribution in [0.25, 0.3) is 0 Å². The molecule has 0 aliphatic carbocycles. The largest absolute Gasteiger partial charge is 0.312 e. The average Bonchev–Trinajstić information content (AvgIpc) is 2.03. The first-order valence-electron chi connectivity index (χ1n) is 4.17. The number of terminal acetylenes is 1. The molecule has 2 heteroatoms. The number of hydrogen-bond acceptors (Lipinski definition) is 2. The highest BCUT2D eigenvalue weighted by Crippen LogP contribution is 2.02. The van der Waals surface area contributed by atoms with Gasteiger partial charge in [0.2, 0.25) is 0 Å². The van der Waals surface area contributed by atoms with Crippen molar-refractivity contribution < 1.29 is 0 Å². The number of piperazine rings is 1. The summed E-state index contributed by atoms with van der Waals surface area (Å²) in [4.78, 5) is 2.33. The molecule has 0 saturated carbocycles. The molecule has 2 nitrogen and oxygen atoms in total. The Hall–Kier alpha value is -0.520. The van der Waals surface area contributed by atoms with E-state index < -0.39 is 0 Å². The van der Waals surface area contributed by atoms with E-state index >= 15 is 0 Å². The Balaban J connectivity index is 2.40. The predicted octanol–water partition coefficient (Wildman–Crippen LogP) is 0.302. The maximum atomic E-state index is 5.34. The fourth-order valence-electron chi connectivity index (χ4n) is 1.42. The van der Waals surface area contributed by atoms with Crippen LogP contribution in [0.4, 0.5) is 0 Å². The minimum absolute atomic E-state index is 0.291. The van der Waals surface area contributed by atoms with Gasteiger partial charge < -0.3 is 5.32 Å². The van der Waals surface area contributed by atoms with Gasteiger partial charge in [-0.05, 0) is 13.8 Å². The highest BCUT2D eigenvalue weighted by molar-refractivity contribution is 4.98. The lowest BCUT2D eigenvalue weighted by Crippen LogP contribution is -2.51. The van der Waals surface area contributed by atoms with E-state index in [9.17, 15) is 0 Å². The third-order valence-electron chi connectivity index (χ3n) is 2.19. The standard InChI is InChI=1S/C9H16N2/c1-4-9(3)11-6-5-10-8(2)7-11/h1,8-10H,5-7H2,2-3H3/t8-,9?/m1/s1. The molecule has 0 aromatic heterocycles. The van der Waals surface area contributed by atoms with Crippen molar-refractivity contribution in [2.24, 2.45) is 0 Å². The van der Waals surface area contributed by atoms with Crippen LogP contribution in [0.3, 0.4) is 0 Å². The Morgan fingerprint density at radius 3 is 3.00 bits per heavy atom. The van der Waals surface area contributed by atoms with Gasteiger partial charge in [-0.2, -0.15) is 0 Å². The van der Waals surface area contributed by atoms with E-state index in [1.165, 1.54) is 0 Å². The van der Waals surface area contributed by atoms with Crippen LogP contribution in [0.1, 0.15) is 13.8 Å². The third-order valence-corrected chi connectivity index (χ3v) is 2.19. The van der Waals surface area contributed by atoms with Crippen LogP contribution in [0, 0.1) is 12.3 Å². The smallest absolute Gasteiger partial charge is 0.0684 e. The van der Waals surface area contributed by atoms with Crippen molar-refractivity contribution >= 4 is 0 Å². The second-order valence-electron chi connectivity index (χ2n) is 3.19. The molecule has 0 radical (unpaired) electrons. The van der Waals surface area contributed by atoms with Gasteiger partial charge in [-0.3, -0.25) is 4.90 Å². The molecule has 1 fully saturated rings. The molecule has 0 amide bonds. The van der Waals surface area contributed by atoms with Crippen LogP contribution in [0.15, 0.2) is 0 Å². The van der Waals surface area contributed by atoms with Crippen molar-refractivity contribution in [3.05, 3.63) is 0 Å². The van der Waals surface area contributed by atoms with E-state index in [2.05, 4.69) is 30.0 Å². The molecule has 1 N–H and O–H groups in total. The van der Waals surface area contributed by atoms with Crippen LogP contribution < -0.4 is 5.32 Å². The molecule has 1 aliphatic rings. The Labute approximate surface area is 69.0 Å². The number of hydrogen-bond donors (Lipinski definition) is 1. The molecule has 1 aliphatic heterocycles. The second kappa shape index (κ2) is 3.75. The van der Waals surface area contributed by atoms with Crippen molar-refractivity contribution in [2.45, 2.75) is 25.9 Å². The summed E-state index contributed by atoms with van der Waals surface area (Å²) >= 11 is 0. The van der Waals surface area contributed by atoms with Gasteiger partial charge in [0.15, 0.2) is 0 Å². The zero-order valence-corrected chi connectivity index (χ0v) is 7.30. The summed E-state index contributed by atoms with van der Waals surface area (Å²) in [6.07, 6.45) is 5.34. The van der Waals surface area contributed by atoms with Crippen molar-refractivity contribution in [3.8, 4) is 12.3 Å². The first kappa shape index (κ1) is 8.58. The molecule has 1 unspecified atom stereocenters. The Kier molecular flexibility index (Phi) is 2.92. The highest BCUT2D eigenvalue weighted by atomic mass is 15.2. The topological polar surface area (TPSA) is 15.3 Å². The number of nitrogens with zero attached hydrogens (tertiary/aromatic N) is 1. The first-order valence-corrected chi connectivity index (χ1v) is 4.17. The summed E-state index contributed by atoms with van der Waals surface area (Å²) in [5.74, 6) is 2.75. The highest BCUT2D eigenvalue weighted by Gasteiger charge is 2.18. The van der Waals surface area contributed by atoms with Crippen molar-refractivity contribution in [2.75, 3.05) is 19.6 Å². The van der Waals surface area contributed by atoms with Crippen molar-refractivity contribution in [1.82, 2.24) is 10.2 Å². The monoisotopic (exact) mass is 152 g/mol. The lowest BCUT2D eigenvalue weighted by molar-refractivity contribution is 0.187. The SMILES string of the molecule is C#CC(C)N1CCN[C@H](C)C1. The van der Waals surface area contributed by atoms with E-state index in [1.807, 2.05) is 0 Å². The summed E-state index contributed by atoms with van der Waals surface area (Å²) < 4.78 is 0. The number of rotatable bonds is 1. The van der Waals surface area contributed by atoms with Gasteiger partial charge in [0, 0.05) is 25.7 Å². The molecular formula is C9H16N2. The molecule has 0 aromatic rings. The average molecular weight is 152 g/mol. The zero-order valence-electron chi connectivity index (χ0n) is 7.30. The minimum atomic E-state index is 0.291. The van der Waals surface area contributed by atoms with Gasteiger partial charge in [-0.15, -0.1) is 6.42 Å². The van der Waals surface area contributed by atoms with E-state index in [1.54, 1.807) is 0 Å². The van der Waals surface area contributed by atoms with Gasteiger partial charge >= 0.3 is 0 Å². The van der Waals surface area contributed by atoms with E-state index in [0.29, 0.717) is 12.1 Å². The second-order valence-corrected chi connectivity index (χ2v) is 3.19. The fourth-order valence-corrected chi connectivity index (χ4v) is 1.42. The molecule has 1 heterocycles. The van der Waals surface area contributed by atoms with E-state index in [-0.39, 0.29) is 0 Å². The molecule has 1 saturated heterocycles. The van der Waals surface area contributed by atoms with Crippen LogP contribution in [0.2, 0.25) is 0 Å². The quantitative estimate of drug-likeness (QED) is 0.544. The molecule has 0 bridgehead atoms. The molecule has 62 valence electrons. The maximum Gasteiger partial charge on any atom is 0.0684 e. The molecule has 0 spiro atoms. The van der Waals surface area contributed by atoms with Crippen molar-refractivity contribution in [1.29, 1.82) is 0 Å². The van der Waals surface area contributed by atoms with Gasteiger partial charge in [0.05, 0.1) is 6.04 Å². The summed E-state index contributed by atoms with van der Waals surface area (Å²) in [5.41, 5.74) is 0. The zero-order chi connectivity index (χ0) is 8.27. The lowest BCUT2D eigenvalue weighted by Gasteiger charge is -2.33. The predicted molar refractivity (Wildman–Crippen MR) is 47.3 cm³/mol. The normalized spacial score (nSPS) is 29.4. The van der Waals surface area contributed by atoms with Crippen LogP contribution in [0.5, 0.6) is 0 Å². The van der Waals surface area contributed by atoms with E-state index in [4.69, 9.17) is 6.42 Å². The molecule has 1 rings (SSSR count). The number of nitrogens with one attached hydrogen (secondary N) is 1. The van der Waals surface area contributed by atoms with Crippen LogP contribution in [-0.2, 0) is 0 Å². The molecule has 11 heavy (non-hydrogen) atoms. The van der Waals surface area contributed by atoms with Crippen LogP contribution in [-0.4, -0.2) is 36.6 Å². The van der Waals surface area contributed by atoms with Gasteiger partial charge in [-0.1, -0.05) is 5.92 Å². The molecule has 0 aromatic carbocycles. The molecule has 2 atom stereocenters. The summed E-state index contributed by atoms with van der Waals surface area (Å²) in [6.45, 7) is 7.49. The van der Waals surface area contributed by atoms with Gasteiger partial charge in [0.1, 0.15) is 0 Å². The fraction of sp³-hybridized carbons (Fsp3) is 0.778. The summed E-state index contributed by atoms with van der Waals surface area (Å²) in [6, 6.07) is 0.874. The van der Waals surface area contributed by atoms with Crippen LogP contribution >= 0.6 is 0 Å². The third kappa shape index (κ3) is 2.21. The Morgan fingerprint density at radius 2 is 2.45 bits per heavy atom. The van der Waals surface area contributed by atoms with Gasteiger partial charge in [0.25, 0.3) is 0 Å². The maximum absolute atomic E-state index is 5.34. The van der Waals surface area contributed by atoms with Crippen molar-refractivity contribution in [3.63, 3.8) is 0 Å². The Bertz CT molecular complexity index is 159. The first-order chi connectivity index (χ1) is 5.24. The summed E-state index contributed by atoms with van der Waals surface area (Å²) in [7, 11) is 0. The summed E-state index contributed by atoms with van der Waals surface area (Å²) in [5, 5.41) is 3.38. The Morgan fingerprint density at radius 1 is 1.73 bits per heavy atom. The van der Waals surface area contributed by atoms with Gasteiger partial charge in [-0.25, -0.2) is 0 Å². The lowest BCUT2D eigenvalue weighted by atomic mass is 10.2. The molecular weight excluding hydrogens is 136 g/mol. The van der Waals surface area contributed by atoms with E-state index in [0.717, 1.165) is 19.6 Å².